The normalized spacial score (nSPS) is 12.1. The Balaban J connectivity index is 1.89. The Morgan fingerprint density at radius 3 is 2.16 bits per heavy atom. The van der Waals surface area contributed by atoms with Gasteiger partial charge in [0.2, 0.25) is 5.91 Å². The van der Waals surface area contributed by atoms with Crippen LogP contribution in [0.25, 0.3) is 0 Å². The third-order valence-electron chi connectivity index (χ3n) is 5.20. The Hall–Kier alpha value is -3.32. The third kappa shape index (κ3) is 5.48. The zero-order valence-electron chi connectivity index (χ0n) is 18.5. The van der Waals surface area contributed by atoms with E-state index in [1.54, 1.807) is 42.5 Å². The Morgan fingerprint density at radius 2 is 1.59 bits per heavy atom. The molecule has 0 saturated heterocycles. The van der Waals surface area contributed by atoms with Crippen molar-refractivity contribution in [3.05, 3.63) is 90.0 Å². The largest absolute Gasteiger partial charge is 0.497 e. The van der Waals surface area contributed by atoms with E-state index in [1.165, 1.54) is 19.2 Å². The first-order valence-corrected chi connectivity index (χ1v) is 11.9. The first-order valence-electron chi connectivity index (χ1n) is 10.4. The average molecular weight is 453 g/mol. The number of anilines is 1. The van der Waals surface area contributed by atoms with E-state index in [4.69, 9.17) is 4.74 Å². The van der Waals surface area contributed by atoms with E-state index in [1.807, 2.05) is 38.1 Å². The van der Waals surface area contributed by atoms with Crippen molar-refractivity contribution in [2.45, 2.75) is 31.2 Å². The monoisotopic (exact) mass is 452 g/mol. The molecular weight excluding hydrogens is 424 g/mol. The number of carbonyl (C=O) groups excluding carboxylic acids is 1. The summed E-state index contributed by atoms with van der Waals surface area (Å²) >= 11 is 0. The second-order valence-corrected chi connectivity index (χ2v) is 9.32. The van der Waals surface area contributed by atoms with Gasteiger partial charge in [-0.3, -0.25) is 9.10 Å². The molecule has 1 atom stereocenters. The molecular formula is C25H28N2O4S. The molecule has 0 saturated carbocycles. The summed E-state index contributed by atoms with van der Waals surface area (Å²) in [5, 5.41) is 2.98. The lowest BCUT2D eigenvalue weighted by Crippen LogP contribution is -2.42. The van der Waals surface area contributed by atoms with Crippen molar-refractivity contribution in [1.29, 1.82) is 0 Å². The molecule has 3 rings (SSSR count). The molecule has 3 aromatic carbocycles. The van der Waals surface area contributed by atoms with E-state index in [0.717, 1.165) is 15.4 Å². The maximum absolute atomic E-state index is 13.4. The fraction of sp³-hybridized carbons (Fsp3) is 0.240. The number of amides is 1. The second-order valence-electron chi connectivity index (χ2n) is 7.46. The molecule has 0 aliphatic heterocycles. The number of ether oxygens (including phenoxy) is 1. The van der Waals surface area contributed by atoms with Crippen LogP contribution in [0.1, 0.15) is 30.5 Å². The average Bonchev–Trinajstić information content (AvgIpc) is 2.82. The van der Waals surface area contributed by atoms with Crippen LogP contribution >= 0.6 is 0 Å². The highest BCUT2D eigenvalue weighted by Crippen LogP contribution is 2.26. The molecule has 0 aliphatic rings. The van der Waals surface area contributed by atoms with Crippen molar-refractivity contribution in [3.63, 3.8) is 0 Å². The molecule has 1 N–H and O–H groups in total. The molecule has 0 radical (unpaired) electrons. The first kappa shape index (κ1) is 23.3. The van der Waals surface area contributed by atoms with Gasteiger partial charge >= 0.3 is 0 Å². The molecule has 1 amide bonds. The summed E-state index contributed by atoms with van der Waals surface area (Å²) in [7, 11) is -2.41. The van der Waals surface area contributed by atoms with Crippen LogP contribution in [0, 0.1) is 6.92 Å². The predicted octanol–water partition coefficient (Wildman–Crippen LogP) is 4.47. The van der Waals surface area contributed by atoms with Crippen molar-refractivity contribution < 1.29 is 17.9 Å². The third-order valence-corrected chi connectivity index (χ3v) is 6.99. The maximum atomic E-state index is 13.4. The Bertz CT molecular complexity index is 1130. The van der Waals surface area contributed by atoms with Crippen molar-refractivity contribution in [2.24, 2.45) is 0 Å². The molecule has 1 unspecified atom stereocenters. The molecule has 0 bridgehead atoms. The highest BCUT2D eigenvalue weighted by atomic mass is 32.2. The molecule has 0 spiro atoms. The SMILES string of the molecule is CCC(NC(=O)CN(c1ccc(OC)cc1)S(=O)(=O)c1ccccc1)c1ccc(C)cc1. The molecule has 0 aliphatic carbocycles. The van der Waals surface area contributed by atoms with Crippen molar-refractivity contribution in [3.8, 4) is 5.75 Å². The number of hydrogen-bond acceptors (Lipinski definition) is 4. The number of aryl methyl sites for hydroxylation is 1. The quantitative estimate of drug-likeness (QED) is 0.520. The van der Waals surface area contributed by atoms with Gasteiger partial charge in [0.15, 0.2) is 0 Å². The predicted molar refractivity (Wildman–Crippen MR) is 126 cm³/mol. The summed E-state index contributed by atoms with van der Waals surface area (Å²) in [5.41, 5.74) is 2.50. The molecule has 0 aromatic heterocycles. The number of rotatable bonds is 9. The number of nitrogens with one attached hydrogen (secondary N) is 1. The summed E-state index contributed by atoms with van der Waals surface area (Å²) < 4.78 is 33.1. The smallest absolute Gasteiger partial charge is 0.264 e. The van der Waals surface area contributed by atoms with E-state index in [0.29, 0.717) is 17.9 Å². The van der Waals surface area contributed by atoms with Crippen LogP contribution in [0.3, 0.4) is 0 Å². The van der Waals surface area contributed by atoms with Crippen LogP contribution in [0.5, 0.6) is 5.75 Å². The van der Waals surface area contributed by atoms with Gasteiger partial charge in [0, 0.05) is 0 Å². The minimum absolute atomic E-state index is 0.120. The Kier molecular flexibility index (Phi) is 7.53. The number of benzene rings is 3. The lowest BCUT2D eigenvalue weighted by Gasteiger charge is -2.26. The molecule has 7 heteroatoms. The molecule has 0 fully saturated rings. The van der Waals surface area contributed by atoms with Crippen LogP contribution in [-0.4, -0.2) is 28.0 Å². The summed E-state index contributed by atoms with van der Waals surface area (Å²) in [6, 6.07) is 22.4. The van der Waals surface area contributed by atoms with Crippen molar-refractivity contribution >= 4 is 21.6 Å². The minimum atomic E-state index is -3.95. The molecule has 6 nitrogen and oxygen atoms in total. The number of hydrogen-bond donors (Lipinski definition) is 1. The van der Waals surface area contributed by atoms with E-state index >= 15 is 0 Å². The molecule has 3 aromatic rings. The maximum Gasteiger partial charge on any atom is 0.264 e. The van der Waals surface area contributed by atoms with Crippen LogP contribution in [-0.2, 0) is 14.8 Å². The van der Waals surface area contributed by atoms with Gasteiger partial charge in [-0.05, 0) is 55.3 Å². The standard InChI is InChI=1S/C25H28N2O4S/c1-4-24(20-12-10-19(2)11-13-20)26-25(28)18-27(21-14-16-22(31-3)17-15-21)32(29,30)23-8-6-5-7-9-23/h5-17,24H,4,18H2,1-3H3,(H,26,28). The Labute approximate surface area is 189 Å². The van der Waals surface area contributed by atoms with Gasteiger partial charge in [0.05, 0.1) is 23.7 Å². The van der Waals surface area contributed by atoms with E-state index in [-0.39, 0.29) is 23.4 Å². The highest BCUT2D eigenvalue weighted by Gasteiger charge is 2.28. The number of nitrogens with zero attached hydrogens (tertiary/aromatic N) is 1. The van der Waals surface area contributed by atoms with Gasteiger partial charge in [-0.15, -0.1) is 0 Å². The van der Waals surface area contributed by atoms with Gasteiger partial charge < -0.3 is 10.1 Å². The van der Waals surface area contributed by atoms with Crippen LogP contribution in [0.2, 0.25) is 0 Å². The Morgan fingerprint density at radius 1 is 0.969 bits per heavy atom. The van der Waals surface area contributed by atoms with Gasteiger partial charge in [-0.1, -0.05) is 55.0 Å². The lowest BCUT2D eigenvalue weighted by atomic mass is 10.0. The topological polar surface area (TPSA) is 75.7 Å². The van der Waals surface area contributed by atoms with Gasteiger partial charge in [-0.2, -0.15) is 0 Å². The van der Waals surface area contributed by atoms with E-state index in [2.05, 4.69) is 5.32 Å². The van der Waals surface area contributed by atoms with E-state index in [9.17, 15) is 13.2 Å². The first-order chi connectivity index (χ1) is 15.3. The van der Waals surface area contributed by atoms with Crippen LogP contribution < -0.4 is 14.4 Å². The summed E-state index contributed by atoms with van der Waals surface area (Å²) in [6.45, 7) is 3.64. The van der Waals surface area contributed by atoms with Crippen LogP contribution in [0.4, 0.5) is 5.69 Å². The lowest BCUT2D eigenvalue weighted by molar-refractivity contribution is -0.120. The van der Waals surface area contributed by atoms with Crippen molar-refractivity contribution in [1.82, 2.24) is 5.32 Å². The highest BCUT2D eigenvalue weighted by molar-refractivity contribution is 7.92. The summed E-state index contributed by atoms with van der Waals surface area (Å²) in [5.74, 6) is 0.216. The number of methoxy groups -OCH3 is 1. The second kappa shape index (κ2) is 10.3. The zero-order valence-corrected chi connectivity index (χ0v) is 19.3. The number of carbonyl (C=O) groups is 1. The van der Waals surface area contributed by atoms with Gasteiger partial charge in [0.1, 0.15) is 12.3 Å². The van der Waals surface area contributed by atoms with Gasteiger partial charge in [0.25, 0.3) is 10.0 Å². The summed E-state index contributed by atoms with van der Waals surface area (Å²) in [6.07, 6.45) is 0.683. The van der Waals surface area contributed by atoms with Crippen LogP contribution in [0.15, 0.2) is 83.8 Å². The minimum Gasteiger partial charge on any atom is -0.497 e. The fourth-order valence-electron chi connectivity index (χ4n) is 3.37. The van der Waals surface area contributed by atoms with Crippen molar-refractivity contribution in [2.75, 3.05) is 18.0 Å². The van der Waals surface area contributed by atoms with Gasteiger partial charge in [-0.25, -0.2) is 8.42 Å². The molecule has 32 heavy (non-hydrogen) atoms. The molecule has 0 heterocycles. The number of sulfonamides is 1. The summed E-state index contributed by atoms with van der Waals surface area (Å²) in [4.78, 5) is 13.1. The fourth-order valence-corrected chi connectivity index (χ4v) is 4.82. The molecule has 168 valence electrons. The zero-order chi connectivity index (χ0) is 23.1. The van der Waals surface area contributed by atoms with E-state index < -0.39 is 10.0 Å².